The van der Waals surface area contributed by atoms with Crippen molar-refractivity contribution in [2.24, 2.45) is 5.92 Å². The van der Waals surface area contributed by atoms with Crippen molar-refractivity contribution < 1.29 is 0 Å². The van der Waals surface area contributed by atoms with Gasteiger partial charge < -0.3 is 5.32 Å². The van der Waals surface area contributed by atoms with Gasteiger partial charge in [-0.1, -0.05) is 32.0 Å². The zero-order valence-electron chi connectivity index (χ0n) is 12.0. The Morgan fingerprint density at radius 1 is 1.16 bits per heavy atom. The highest BCUT2D eigenvalue weighted by molar-refractivity contribution is 5.31. The van der Waals surface area contributed by atoms with Gasteiger partial charge >= 0.3 is 0 Å². The van der Waals surface area contributed by atoms with Gasteiger partial charge in [0.1, 0.15) is 0 Å². The van der Waals surface area contributed by atoms with Crippen LogP contribution >= 0.6 is 0 Å². The Morgan fingerprint density at radius 3 is 2.58 bits per heavy atom. The molecule has 0 fully saturated rings. The second kappa shape index (κ2) is 6.53. The van der Waals surface area contributed by atoms with Gasteiger partial charge in [0.05, 0.1) is 11.9 Å². The number of aromatic nitrogens is 2. The monoisotopic (exact) mass is 257 g/mol. The summed E-state index contributed by atoms with van der Waals surface area (Å²) in [5.74, 6) is 0.742. The Bertz CT molecular complexity index is 488. The first-order valence-corrected chi connectivity index (χ1v) is 7.00. The predicted molar refractivity (Wildman–Crippen MR) is 79.4 cm³/mol. The number of para-hydroxylation sites is 1. The maximum atomic E-state index is 4.43. The summed E-state index contributed by atoms with van der Waals surface area (Å²) in [6, 6.07) is 10.5. The van der Waals surface area contributed by atoms with Crippen LogP contribution in [0.15, 0.2) is 42.7 Å². The fourth-order valence-electron chi connectivity index (χ4n) is 1.99. The molecule has 0 saturated carbocycles. The summed E-state index contributed by atoms with van der Waals surface area (Å²) in [4.78, 5) is 0. The zero-order chi connectivity index (χ0) is 13.7. The lowest BCUT2D eigenvalue weighted by Gasteiger charge is -2.12. The first kappa shape index (κ1) is 13.8. The van der Waals surface area contributed by atoms with Crippen LogP contribution in [0.4, 0.5) is 0 Å². The third-order valence-corrected chi connectivity index (χ3v) is 3.30. The van der Waals surface area contributed by atoms with Crippen molar-refractivity contribution in [2.75, 3.05) is 6.54 Å². The number of rotatable bonds is 6. The first-order valence-electron chi connectivity index (χ1n) is 7.00. The lowest BCUT2D eigenvalue weighted by Crippen LogP contribution is -2.20. The van der Waals surface area contributed by atoms with Gasteiger partial charge in [-0.15, -0.1) is 0 Å². The zero-order valence-corrected chi connectivity index (χ0v) is 12.0. The average molecular weight is 257 g/mol. The normalized spacial score (nSPS) is 12.8. The van der Waals surface area contributed by atoms with Crippen LogP contribution in [0.1, 0.15) is 38.8 Å². The molecule has 19 heavy (non-hydrogen) atoms. The molecule has 1 heterocycles. The molecule has 2 rings (SSSR count). The van der Waals surface area contributed by atoms with Crippen molar-refractivity contribution in [3.05, 3.63) is 48.3 Å². The van der Waals surface area contributed by atoms with Crippen molar-refractivity contribution in [1.82, 2.24) is 15.1 Å². The average Bonchev–Trinajstić information content (AvgIpc) is 2.89. The molecule has 3 nitrogen and oxygen atoms in total. The number of benzene rings is 1. The van der Waals surface area contributed by atoms with E-state index in [1.807, 2.05) is 29.1 Å². The van der Waals surface area contributed by atoms with E-state index >= 15 is 0 Å². The van der Waals surface area contributed by atoms with E-state index in [1.165, 1.54) is 12.0 Å². The minimum atomic E-state index is 0.344. The van der Waals surface area contributed by atoms with Crippen LogP contribution < -0.4 is 5.32 Å². The molecule has 1 N–H and O–H groups in total. The summed E-state index contributed by atoms with van der Waals surface area (Å²) < 4.78 is 1.93. The number of hydrogen-bond acceptors (Lipinski definition) is 2. The van der Waals surface area contributed by atoms with Crippen molar-refractivity contribution >= 4 is 0 Å². The SMILES string of the molecule is CC(C)CCNC(C)c1cnn(-c2ccccc2)c1. The minimum Gasteiger partial charge on any atom is -0.310 e. The van der Waals surface area contributed by atoms with Crippen LogP contribution in [-0.2, 0) is 0 Å². The van der Waals surface area contributed by atoms with Crippen LogP contribution in [0.25, 0.3) is 5.69 Å². The summed E-state index contributed by atoms with van der Waals surface area (Å²) >= 11 is 0. The summed E-state index contributed by atoms with van der Waals surface area (Å²) in [5.41, 5.74) is 2.33. The molecule has 1 atom stereocenters. The predicted octanol–water partition coefficient (Wildman–Crippen LogP) is 3.57. The second-order valence-corrected chi connectivity index (χ2v) is 5.41. The third kappa shape index (κ3) is 3.93. The van der Waals surface area contributed by atoms with E-state index in [0.29, 0.717) is 6.04 Å². The highest BCUT2D eigenvalue weighted by Gasteiger charge is 2.08. The second-order valence-electron chi connectivity index (χ2n) is 5.41. The molecule has 102 valence electrons. The molecule has 0 radical (unpaired) electrons. The van der Waals surface area contributed by atoms with Gasteiger partial charge in [0.15, 0.2) is 0 Å². The smallest absolute Gasteiger partial charge is 0.0645 e. The Kier molecular flexibility index (Phi) is 4.74. The minimum absolute atomic E-state index is 0.344. The van der Waals surface area contributed by atoms with E-state index in [4.69, 9.17) is 0 Å². The van der Waals surface area contributed by atoms with Gasteiger partial charge in [-0.2, -0.15) is 5.10 Å². The number of nitrogens with one attached hydrogen (secondary N) is 1. The molecule has 0 amide bonds. The van der Waals surface area contributed by atoms with E-state index < -0.39 is 0 Å². The van der Waals surface area contributed by atoms with Crippen LogP contribution in [0.5, 0.6) is 0 Å². The number of nitrogens with zero attached hydrogens (tertiary/aromatic N) is 2. The Morgan fingerprint density at radius 2 is 1.89 bits per heavy atom. The van der Waals surface area contributed by atoms with E-state index in [-0.39, 0.29) is 0 Å². The van der Waals surface area contributed by atoms with E-state index in [0.717, 1.165) is 18.2 Å². The maximum absolute atomic E-state index is 4.43. The third-order valence-electron chi connectivity index (χ3n) is 3.30. The fourth-order valence-corrected chi connectivity index (χ4v) is 1.99. The Labute approximate surface area is 115 Å². The van der Waals surface area contributed by atoms with Gasteiger partial charge in [-0.3, -0.25) is 0 Å². The van der Waals surface area contributed by atoms with Gasteiger partial charge in [-0.05, 0) is 37.9 Å². The summed E-state index contributed by atoms with van der Waals surface area (Å²) in [7, 11) is 0. The molecule has 3 heteroatoms. The summed E-state index contributed by atoms with van der Waals surface area (Å²) in [5, 5.41) is 7.97. The van der Waals surface area contributed by atoms with Crippen molar-refractivity contribution in [2.45, 2.75) is 33.2 Å². The molecular formula is C16H23N3. The molecule has 0 saturated heterocycles. The quantitative estimate of drug-likeness (QED) is 0.857. The Hall–Kier alpha value is -1.61. The van der Waals surface area contributed by atoms with Crippen LogP contribution in [0, 0.1) is 5.92 Å². The molecule has 1 aromatic carbocycles. The molecule has 0 aliphatic carbocycles. The maximum Gasteiger partial charge on any atom is 0.0645 e. The van der Waals surface area contributed by atoms with Crippen LogP contribution in [0.3, 0.4) is 0 Å². The van der Waals surface area contributed by atoms with Crippen molar-refractivity contribution in [1.29, 1.82) is 0 Å². The van der Waals surface area contributed by atoms with Crippen molar-refractivity contribution in [3.63, 3.8) is 0 Å². The van der Waals surface area contributed by atoms with E-state index in [1.54, 1.807) is 0 Å². The topological polar surface area (TPSA) is 29.9 Å². The molecule has 0 aliphatic heterocycles. The molecule has 1 unspecified atom stereocenters. The van der Waals surface area contributed by atoms with Gasteiger partial charge in [0.2, 0.25) is 0 Å². The van der Waals surface area contributed by atoms with Gasteiger partial charge in [0.25, 0.3) is 0 Å². The Balaban J connectivity index is 1.97. The van der Waals surface area contributed by atoms with E-state index in [2.05, 4.69) is 49.5 Å². The molecule has 0 aliphatic rings. The lowest BCUT2D eigenvalue weighted by molar-refractivity contribution is 0.497. The molecular weight excluding hydrogens is 234 g/mol. The molecule has 1 aromatic heterocycles. The van der Waals surface area contributed by atoms with Crippen LogP contribution in [0.2, 0.25) is 0 Å². The van der Waals surface area contributed by atoms with Crippen LogP contribution in [-0.4, -0.2) is 16.3 Å². The molecule has 0 bridgehead atoms. The highest BCUT2D eigenvalue weighted by Crippen LogP contribution is 2.14. The lowest BCUT2D eigenvalue weighted by atomic mass is 10.1. The van der Waals surface area contributed by atoms with Gasteiger partial charge in [-0.25, -0.2) is 4.68 Å². The largest absolute Gasteiger partial charge is 0.310 e. The summed E-state index contributed by atoms with van der Waals surface area (Å²) in [6.45, 7) is 7.74. The first-order chi connectivity index (χ1) is 9.16. The highest BCUT2D eigenvalue weighted by atomic mass is 15.3. The number of hydrogen-bond donors (Lipinski definition) is 1. The van der Waals surface area contributed by atoms with E-state index in [9.17, 15) is 0 Å². The fraction of sp³-hybridized carbons (Fsp3) is 0.438. The summed E-state index contributed by atoms with van der Waals surface area (Å²) in [6.07, 6.45) is 5.25. The molecule has 2 aromatic rings. The van der Waals surface area contributed by atoms with Crippen molar-refractivity contribution in [3.8, 4) is 5.69 Å². The van der Waals surface area contributed by atoms with Gasteiger partial charge in [0, 0.05) is 17.8 Å². The standard InChI is InChI=1S/C16H23N3/c1-13(2)9-10-17-14(3)15-11-18-19(12-15)16-7-5-4-6-8-16/h4-8,11-14,17H,9-10H2,1-3H3. The molecule has 0 spiro atoms.